The Hall–Kier alpha value is -1.13. The first kappa shape index (κ1) is 19.2. The van der Waals surface area contributed by atoms with E-state index in [-0.39, 0.29) is 24.1 Å². The van der Waals surface area contributed by atoms with Gasteiger partial charge in [0, 0.05) is 12.0 Å². The smallest absolute Gasteiger partial charge is 0.333 e. The van der Waals surface area contributed by atoms with E-state index < -0.39 is 11.7 Å². The molecule has 1 heterocycles. The molecule has 0 radical (unpaired) electrons. The van der Waals surface area contributed by atoms with E-state index in [2.05, 4.69) is 26.8 Å². The molecule has 1 aliphatic carbocycles. The molecule has 0 aromatic carbocycles. The topological polar surface area (TPSA) is 59.1 Å². The Balaban J connectivity index is 2.25. The van der Waals surface area contributed by atoms with E-state index in [1.165, 1.54) is 5.57 Å². The lowest BCUT2D eigenvalue weighted by Crippen LogP contribution is -2.40. The van der Waals surface area contributed by atoms with Crippen LogP contribution in [0.15, 0.2) is 23.3 Å². The van der Waals surface area contributed by atoms with Gasteiger partial charge in [-0.15, -0.1) is 0 Å². The van der Waals surface area contributed by atoms with Gasteiger partial charge < -0.3 is 14.6 Å². The van der Waals surface area contributed by atoms with Gasteiger partial charge in [-0.05, 0) is 52.4 Å². The van der Waals surface area contributed by atoms with Crippen LogP contribution in [0, 0.1) is 11.8 Å². The van der Waals surface area contributed by atoms with Crippen LogP contribution in [-0.4, -0.2) is 35.0 Å². The fraction of sp³-hybridized carbons (Fsp3) is 0.750. The molecule has 136 valence electrons. The minimum Gasteiger partial charge on any atom is -0.456 e. The Morgan fingerprint density at radius 3 is 2.75 bits per heavy atom. The van der Waals surface area contributed by atoms with Gasteiger partial charge in [0.2, 0.25) is 0 Å². The lowest BCUT2D eigenvalue weighted by atomic mass is 9.79. The first-order valence-corrected chi connectivity index (χ1v) is 9.06. The largest absolute Gasteiger partial charge is 0.456 e. The zero-order valence-electron chi connectivity index (χ0n) is 15.8. The number of carbonyl (C=O) groups is 1. The van der Waals surface area contributed by atoms with Crippen molar-refractivity contribution in [3.05, 3.63) is 23.3 Å². The van der Waals surface area contributed by atoms with E-state index in [0.717, 1.165) is 12.8 Å². The molecule has 1 saturated heterocycles. The average molecular weight is 336 g/mol. The number of allylic oxidation sites excluding steroid dienone is 2. The van der Waals surface area contributed by atoms with Crippen molar-refractivity contribution in [2.45, 2.75) is 84.7 Å². The van der Waals surface area contributed by atoms with Crippen LogP contribution < -0.4 is 0 Å². The van der Waals surface area contributed by atoms with Crippen LogP contribution in [0.2, 0.25) is 0 Å². The normalized spacial score (nSPS) is 37.5. The second-order valence-electron chi connectivity index (χ2n) is 7.81. The monoisotopic (exact) mass is 336 g/mol. The summed E-state index contributed by atoms with van der Waals surface area (Å²) in [5.41, 5.74) is 1.26. The van der Waals surface area contributed by atoms with E-state index in [4.69, 9.17) is 9.47 Å². The molecular formula is C20H32O4. The molecule has 5 unspecified atom stereocenters. The third kappa shape index (κ3) is 3.92. The molecule has 2 rings (SSSR count). The van der Waals surface area contributed by atoms with E-state index in [0.29, 0.717) is 17.9 Å². The van der Waals surface area contributed by atoms with Gasteiger partial charge in [0.05, 0.1) is 6.10 Å². The lowest BCUT2D eigenvalue weighted by molar-refractivity contribution is -0.147. The number of aliphatic hydroxyl groups is 1. The fourth-order valence-electron chi connectivity index (χ4n) is 3.57. The molecule has 4 nitrogen and oxygen atoms in total. The summed E-state index contributed by atoms with van der Waals surface area (Å²) in [6.07, 6.45) is 5.28. The SMILES string of the molecule is CC=C(C)C(=O)OC1CC=C(C)CCC(C(C)C)C(O)C2OC12C. The molecule has 0 aromatic rings. The van der Waals surface area contributed by atoms with Crippen LogP contribution >= 0.6 is 0 Å². The van der Waals surface area contributed by atoms with Crippen molar-refractivity contribution in [3.63, 3.8) is 0 Å². The maximum Gasteiger partial charge on any atom is 0.333 e. The molecule has 1 fully saturated rings. The van der Waals surface area contributed by atoms with Gasteiger partial charge in [-0.1, -0.05) is 31.6 Å². The summed E-state index contributed by atoms with van der Waals surface area (Å²) in [5, 5.41) is 10.8. The summed E-state index contributed by atoms with van der Waals surface area (Å²) in [4.78, 5) is 12.2. The van der Waals surface area contributed by atoms with E-state index in [1.54, 1.807) is 13.0 Å². The maximum atomic E-state index is 12.2. The molecule has 4 heteroatoms. The second kappa shape index (κ2) is 7.40. The lowest BCUT2D eigenvalue weighted by Gasteiger charge is -2.29. The summed E-state index contributed by atoms with van der Waals surface area (Å²) >= 11 is 0. The predicted octanol–water partition coefficient (Wildman–Crippen LogP) is 3.79. The Labute approximate surface area is 145 Å². The highest BCUT2D eigenvalue weighted by molar-refractivity contribution is 5.87. The van der Waals surface area contributed by atoms with Crippen LogP contribution in [0.3, 0.4) is 0 Å². The number of hydrogen-bond acceptors (Lipinski definition) is 4. The summed E-state index contributed by atoms with van der Waals surface area (Å²) < 4.78 is 11.7. The van der Waals surface area contributed by atoms with Crippen LogP contribution in [0.1, 0.15) is 60.8 Å². The summed E-state index contributed by atoms with van der Waals surface area (Å²) in [7, 11) is 0. The molecular weight excluding hydrogens is 304 g/mol. The molecule has 0 aromatic heterocycles. The average Bonchev–Trinajstić information content (AvgIpc) is 3.22. The Bertz CT molecular complexity index is 534. The Morgan fingerprint density at radius 1 is 1.50 bits per heavy atom. The number of carbonyl (C=O) groups excluding carboxylic acids is 1. The molecule has 24 heavy (non-hydrogen) atoms. The Kier molecular flexibility index (Phi) is 5.92. The van der Waals surface area contributed by atoms with Crippen LogP contribution in [0.25, 0.3) is 0 Å². The summed E-state index contributed by atoms with van der Waals surface area (Å²) in [5.74, 6) is 0.259. The van der Waals surface area contributed by atoms with Gasteiger partial charge >= 0.3 is 5.97 Å². The zero-order valence-corrected chi connectivity index (χ0v) is 15.8. The highest BCUT2D eigenvalue weighted by Gasteiger charge is 2.63. The molecule has 0 saturated carbocycles. The number of aliphatic hydroxyl groups excluding tert-OH is 1. The minimum atomic E-state index is -0.607. The summed E-state index contributed by atoms with van der Waals surface area (Å²) in [6.45, 7) is 11.9. The third-order valence-electron chi connectivity index (χ3n) is 5.69. The van der Waals surface area contributed by atoms with Gasteiger partial charge in [0.25, 0.3) is 0 Å². The first-order valence-electron chi connectivity index (χ1n) is 9.06. The molecule has 1 N–H and O–H groups in total. The van der Waals surface area contributed by atoms with Crippen LogP contribution in [0.5, 0.6) is 0 Å². The number of hydrogen-bond donors (Lipinski definition) is 1. The van der Waals surface area contributed by atoms with Crippen LogP contribution in [-0.2, 0) is 14.3 Å². The molecule has 0 spiro atoms. The minimum absolute atomic E-state index is 0.187. The van der Waals surface area contributed by atoms with E-state index in [1.807, 2.05) is 13.8 Å². The van der Waals surface area contributed by atoms with Crippen molar-refractivity contribution in [2.24, 2.45) is 11.8 Å². The number of ether oxygens (including phenoxy) is 2. The molecule has 1 aliphatic heterocycles. The standard InChI is InChI=1S/C20H32O4/c1-7-14(5)19(22)23-16-11-9-13(4)8-10-15(12(2)3)17(21)18-20(16,6)24-18/h7,9,12,15-18,21H,8,10-11H2,1-6H3. The van der Waals surface area contributed by atoms with E-state index in [9.17, 15) is 9.90 Å². The van der Waals surface area contributed by atoms with Gasteiger partial charge in [-0.3, -0.25) is 0 Å². The van der Waals surface area contributed by atoms with Crippen molar-refractivity contribution in [3.8, 4) is 0 Å². The van der Waals surface area contributed by atoms with Crippen molar-refractivity contribution in [1.29, 1.82) is 0 Å². The van der Waals surface area contributed by atoms with Crippen molar-refractivity contribution in [1.82, 2.24) is 0 Å². The fourth-order valence-corrected chi connectivity index (χ4v) is 3.57. The first-order chi connectivity index (χ1) is 11.2. The highest BCUT2D eigenvalue weighted by Crippen LogP contribution is 2.47. The Morgan fingerprint density at radius 2 is 2.17 bits per heavy atom. The maximum absolute atomic E-state index is 12.2. The second-order valence-corrected chi connectivity index (χ2v) is 7.81. The van der Waals surface area contributed by atoms with Gasteiger partial charge in [0.1, 0.15) is 17.8 Å². The van der Waals surface area contributed by atoms with Gasteiger partial charge in [-0.2, -0.15) is 0 Å². The zero-order chi connectivity index (χ0) is 18.1. The predicted molar refractivity (Wildman–Crippen MR) is 94.5 cm³/mol. The van der Waals surface area contributed by atoms with Gasteiger partial charge in [-0.25, -0.2) is 4.79 Å². The van der Waals surface area contributed by atoms with Crippen molar-refractivity contribution < 1.29 is 19.4 Å². The van der Waals surface area contributed by atoms with Gasteiger partial charge in [0.15, 0.2) is 0 Å². The van der Waals surface area contributed by atoms with Crippen molar-refractivity contribution in [2.75, 3.05) is 0 Å². The molecule has 2 aliphatic rings. The molecule has 5 atom stereocenters. The number of rotatable bonds is 3. The number of fused-ring (bicyclic) bond motifs is 1. The third-order valence-corrected chi connectivity index (χ3v) is 5.69. The van der Waals surface area contributed by atoms with Crippen LogP contribution in [0.4, 0.5) is 0 Å². The highest BCUT2D eigenvalue weighted by atomic mass is 16.7. The molecule has 0 bridgehead atoms. The quantitative estimate of drug-likeness (QED) is 0.369. The summed E-state index contributed by atoms with van der Waals surface area (Å²) in [6, 6.07) is 0. The van der Waals surface area contributed by atoms with E-state index >= 15 is 0 Å². The number of epoxide rings is 1. The molecule has 0 amide bonds. The van der Waals surface area contributed by atoms with Crippen molar-refractivity contribution >= 4 is 5.97 Å². The number of esters is 1.